The molecule has 0 aliphatic carbocycles. The number of aromatic nitrogens is 2. The van der Waals surface area contributed by atoms with Crippen molar-refractivity contribution >= 4 is 10.9 Å². The molecule has 0 amide bonds. The Morgan fingerprint density at radius 1 is 1.38 bits per heavy atom. The van der Waals surface area contributed by atoms with Gasteiger partial charge in [0.25, 0.3) is 0 Å². The lowest BCUT2D eigenvalue weighted by Gasteiger charge is -2.04. The molecule has 1 aromatic carbocycles. The average molecular weight is 176 g/mol. The van der Waals surface area contributed by atoms with E-state index < -0.39 is 0 Å². The third kappa shape index (κ3) is 1.16. The predicted octanol–water partition coefficient (Wildman–Crippen LogP) is 1.34. The Morgan fingerprint density at radius 3 is 3.00 bits per heavy atom. The Balaban J connectivity index is 2.79. The van der Waals surface area contributed by atoms with Gasteiger partial charge in [-0.25, -0.2) is 9.97 Å². The second-order valence-electron chi connectivity index (χ2n) is 2.57. The summed E-state index contributed by atoms with van der Waals surface area (Å²) in [5.74, 6) is 0.517. The number of rotatable bonds is 1. The SMILES string of the molecule is COc1ccc2ncncc2c1O. The van der Waals surface area contributed by atoms with Gasteiger partial charge in [0.1, 0.15) is 6.33 Å². The summed E-state index contributed by atoms with van der Waals surface area (Å²) in [5, 5.41) is 10.2. The Morgan fingerprint density at radius 2 is 2.23 bits per heavy atom. The highest BCUT2D eigenvalue weighted by Gasteiger charge is 2.06. The van der Waals surface area contributed by atoms with E-state index in [9.17, 15) is 5.11 Å². The Hall–Kier alpha value is -1.84. The summed E-state index contributed by atoms with van der Waals surface area (Å²) in [5.41, 5.74) is 0.702. The van der Waals surface area contributed by atoms with Crippen molar-refractivity contribution in [1.29, 1.82) is 0 Å². The minimum absolute atomic E-state index is 0.0839. The number of ether oxygens (including phenoxy) is 1. The number of fused-ring (bicyclic) bond motifs is 1. The van der Waals surface area contributed by atoms with Crippen LogP contribution in [0.15, 0.2) is 24.7 Å². The van der Waals surface area contributed by atoms with Crippen molar-refractivity contribution in [3.8, 4) is 11.5 Å². The van der Waals surface area contributed by atoms with Gasteiger partial charge >= 0.3 is 0 Å². The summed E-state index contributed by atoms with van der Waals surface area (Å²) in [4.78, 5) is 7.81. The summed E-state index contributed by atoms with van der Waals surface area (Å²) in [6.45, 7) is 0. The minimum Gasteiger partial charge on any atom is -0.504 e. The standard InChI is InChI=1S/C9H8N2O2/c1-13-8-3-2-7-6(9(8)12)4-10-5-11-7/h2-5,12H,1H3. The van der Waals surface area contributed by atoms with Crippen molar-refractivity contribution in [3.63, 3.8) is 0 Å². The van der Waals surface area contributed by atoms with Gasteiger partial charge < -0.3 is 9.84 Å². The summed E-state index contributed by atoms with van der Waals surface area (Å²) in [6, 6.07) is 3.44. The Bertz CT molecular complexity index is 443. The van der Waals surface area contributed by atoms with Crippen LogP contribution in [0.1, 0.15) is 0 Å². The van der Waals surface area contributed by atoms with Crippen LogP contribution < -0.4 is 4.74 Å². The van der Waals surface area contributed by atoms with E-state index in [-0.39, 0.29) is 5.75 Å². The fourth-order valence-corrected chi connectivity index (χ4v) is 1.19. The van der Waals surface area contributed by atoms with Gasteiger partial charge in [-0.1, -0.05) is 0 Å². The van der Waals surface area contributed by atoms with Crippen LogP contribution in [-0.4, -0.2) is 22.2 Å². The van der Waals surface area contributed by atoms with Crippen LogP contribution >= 0.6 is 0 Å². The maximum atomic E-state index is 9.64. The molecule has 66 valence electrons. The number of benzene rings is 1. The van der Waals surface area contributed by atoms with E-state index in [1.807, 2.05) is 0 Å². The second-order valence-corrected chi connectivity index (χ2v) is 2.57. The van der Waals surface area contributed by atoms with Gasteiger partial charge in [0, 0.05) is 6.20 Å². The monoisotopic (exact) mass is 176 g/mol. The van der Waals surface area contributed by atoms with Crippen LogP contribution in [0.3, 0.4) is 0 Å². The van der Waals surface area contributed by atoms with Gasteiger partial charge in [0.2, 0.25) is 0 Å². The molecule has 2 aromatic rings. The predicted molar refractivity (Wildman–Crippen MR) is 47.8 cm³/mol. The molecule has 0 bridgehead atoms. The molecule has 0 aliphatic rings. The zero-order valence-corrected chi connectivity index (χ0v) is 7.06. The van der Waals surface area contributed by atoms with Crippen LogP contribution in [0.4, 0.5) is 0 Å². The van der Waals surface area contributed by atoms with Crippen LogP contribution in [0.2, 0.25) is 0 Å². The highest BCUT2D eigenvalue weighted by molar-refractivity contribution is 5.86. The van der Waals surface area contributed by atoms with Gasteiger partial charge in [0.05, 0.1) is 18.0 Å². The second kappa shape index (κ2) is 2.90. The van der Waals surface area contributed by atoms with Gasteiger partial charge in [-0.05, 0) is 12.1 Å². The van der Waals surface area contributed by atoms with Gasteiger partial charge in [0.15, 0.2) is 11.5 Å². The highest BCUT2D eigenvalue weighted by atomic mass is 16.5. The largest absolute Gasteiger partial charge is 0.504 e. The van der Waals surface area contributed by atoms with Crippen molar-refractivity contribution in [2.24, 2.45) is 0 Å². The average Bonchev–Trinajstić information content (AvgIpc) is 2.19. The molecule has 0 saturated heterocycles. The molecule has 1 heterocycles. The van der Waals surface area contributed by atoms with E-state index in [0.29, 0.717) is 16.7 Å². The first kappa shape index (κ1) is 7.79. The van der Waals surface area contributed by atoms with Crippen molar-refractivity contribution in [2.45, 2.75) is 0 Å². The van der Waals surface area contributed by atoms with Crippen LogP contribution in [0.5, 0.6) is 11.5 Å². The summed E-state index contributed by atoms with van der Waals surface area (Å²) < 4.78 is 4.95. The number of phenols is 1. The molecule has 4 heteroatoms. The number of hydrogen-bond acceptors (Lipinski definition) is 4. The van der Waals surface area contributed by atoms with Crippen LogP contribution in [-0.2, 0) is 0 Å². The van der Waals surface area contributed by atoms with Gasteiger partial charge in [-0.2, -0.15) is 0 Å². The molecule has 4 nitrogen and oxygen atoms in total. The summed E-state index contributed by atoms with van der Waals surface area (Å²) in [7, 11) is 1.50. The fraction of sp³-hybridized carbons (Fsp3) is 0.111. The molecule has 0 unspecified atom stereocenters. The van der Waals surface area contributed by atoms with E-state index in [4.69, 9.17) is 4.74 Å². The summed E-state index contributed by atoms with van der Waals surface area (Å²) in [6.07, 6.45) is 2.99. The lowest BCUT2D eigenvalue weighted by atomic mass is 10.2. The number of aromatic hydroxyl groups is 1. The normalized spacial score (nSPS) is 10.2. The topological polar surface area (TPSA) is 55.2 Å². The van der Waals surface area contributed by atoms with Crippen LogP contribution in [0.25, 0.3) is 10.9 Å². The Labute approximate surface area is 74.8 Å². The number of methoxy groups -OCH3 is 1. The molecule has 0 atom stereocenters. The molecule has 1 aromatic heterocycles. The lowest BCUT2D eigenvalue weighted by molar-refractivity contribution is 0.376. The maximum Gasteiger partial charge on any atom is 0.168 e. The molecular weight excluding hydrogens is 168 g/mol. The number of phenolic OH excluding ortho intramolecular Hbond substituents is 1. The van der Waals surface area contributed by atoms with E-state index in [2.05, 4.69) is 9.97 Å². The van der Waals surface area contributed by atoms with Crippen molar-refractivity contribution in [3.05, 3.63) is 24.7 Å². The first-order valence-corrected chi connectivity index (χ1v) is 3.78. The smallest absolute Gasteiger partial charge is 0.168 e. The zero-order valence-electron chi connectivity index (χ0n) is 7.06. The molecular formula is C9H8N2O2. The molecule has 0 spiro atoms. The first-order valence-electron chi connectivity index (χ1n) is 3.78. The van der Waals surface area contributed by atoms with Crippen molar-refractivity contribution < 1.29 is 9.84 Å². The minimum atomic E-state index is 0.0839. The molecule has 0 saturated carbocycles. The van der Waals surface area contributed by atoms with E-state index >= 15 is 0 Å². The molecule has 0 fully saturated rings. The van der Waals surface area contributed by atoms with E-state index in [1.165, 1.54) is 13.4 Å². The quantitative estimate of drug-likeness (QED) is 0.712. The lowest BCUT2D eigenvalue weighted by Crippen LogP contribution is -1.86. The molecule has 0 aliphatic heterocycles. The molecule has 1 N–H and O–H groups in total. The van der Waals surface area contributed by atoms with E-state index in [0.717, 1.165) is 0 Å². The van der Waals surface area contributed by atoms with E-state index in [1.54, 1.807) is 18.3 Å². The third-order valence-electron chi connectivity index (χ3n) is 1.84. The van der Waals surface area contributed by atoms with Crippen LogP contribution in [0, 0.1) is 0 Å². The molecule has 0 radical (unpaired) electrons. The first-order chi connectivity index (χ1) is 6.33. The van der Waals surface area contributed by atoms with Gasteiger partial charge in [-0.3, -0.25) is 0 Å². The summed E-state index contributed by atoms with van der Waals surface area (Å²) >= 11 is 0. The fourth-order valence-electron chi connectivity index (χ4n) is 1.19. The Kier molecular flexibility index (Phi) is 1.73. The third-order valence-corrected chi connectivity index (χ3v) is 1.84. The number of hydrogen-bond donors (Lipinski definition) is 1. The number of nitrogens with zero attached hydrogens (tertiary/aromatic N) is 2. The van der Waals surface area contributed by atoms with Gasteiger partial charge in [-0.15, -0.1) is 0 Å². The van der Waals surface area contributed by atoms with Crippen molar-refractivity contribution in [2.75, 3.05) is 7.11 Å². The maximum absolute atomic E-state index is 9.64. The highest BCUT2D eigenvalue weighted by Crippen LogP contribution is 2.32. The van der Waals surface area contributed by atoms with Crippen molar-refractivity contribution in [1.82, 2.24) is 9.97 Å². The zero-order chi connectivity index (χ0) is 9.26. The molecule has 13 heavy (non-hydrogen) atoms. The molecule has 2 rings (SSSR count).